The summed E-state index contributed by atoms with van der Waals surface area (Å²) in [5.41, 5.74) is 1.29. The summed E-state index contributed by atoms with van der Waals surface area (Å²) in [4.78, 5) is 17.3. The van der Waals surface area contributed by atoms with E-state index >= 15 is 0 Å². The van der Waals surface area contributed by atoms with Crippen molar-refractivity contribution in [2.45, 2.75) is 52.1 Å². The molecule has 1 saturated heterocycles. The van der Waals surface area contributed by atoms with E-state index in [4.69, 9.17) is 5.11 Å². The Morgan fingerprint density at radius 1 is 1.45 bits per heavy atom. The molecule has 1 aromatic heterocycles. The summed E-state index contributed by atoms with van der Waals surface area (Å²) in [5, 5.41) is 8.73. The van der Waals surface area contributed by atoms with Gasteiger partial charge in [-0.1, -0.05) is 6.92 Å². The van der Waals surface area contributed by atoms with E-state index in [2.05, 4.69) is 21.4 Å². The Morgan fingerprint density at radius 3 is 2.85 bits per heavy atom. The van der Waals surface area contributed by atoms with Gasteiger partial charge in [0.2, 0.25) is 0 Å². The zero-order chi connectivity index (χ0) is 14.4. The molecule has 1 aliphatic rings. The molecule has 5 heteroatoms. The predicted molar refractivity (Wildman–Crippen MR) is 77.4 cm³/mol. The van der Waals surface area contributed by atoms with Gasteiger partial charge in [-0.3, -0.25) is 9.69 Å². The van der Waals surface area contributed by atoms with E-state index < -0.39 is 5.97 Å². The standard InChI is InChI=1S/C15H25N3O2/c1-2-7-18-12-16-10-14(18)11-17-8-5-13(6-9-17)3-4-15(19)20/h10,12-13H,2-9,11H2,1H3,(H,19,20). The molecule has 1 N–H and O–H groups in total. The van der Waals surface area contributed by atoms with Crippen molar-refractivity contribution in [1.82, 2.24) is 14.5 Å². The Labute approximate surface area is 120 Å². The molecule has 2 heterocycles. The van der Waals surface area contributed by atoms with Crippen LogP contribution >= 0.6 is 0 Å². The van der Waals surface area contributed by atoms with Crippen LogP contribution in [0.2, 0.25) is 0 Å². The van der Waals surface area contributed by atoms with Gasteiger partial charge in [0.25, 0.3) is 0 Å². The van der Waals surface area contributed by atoms with Crippen LogP contribution in [0.1, 0.15) is 44.7 Å². The van der Waals surface area contributed by atoms with E-state index in [1.807, 2.05) is 12.5 Å². The number of imidazole rings is 1. The van der Waals surface area contributed by atoms with E-state index in [-0.39, 0.29) is 0 Å². The summed E-state index contributed by atoms with van der Waals surface area (Å²) in [6.07, 6.45) is 8.39. The quantitative estimate of drug-likeness (QED) is 0.832. The molecule has 0 atom stereocenters. The first-order chi connectivity index (χ1) is 9.69. The van der Waals surface area contributed by atoms with E-state index in [1.165, 1.54) is 5.69 Å². The van der Waals surface area contributed by atoms with Crippen molar-refractivity contribution >= 4 is 5.97 Å². The SMILES string of the molecule is CCCn1cncc1CN1CCC(CCC(=O)O)CC1. The number of piperidine rings is 1. The Hall–Kier alpha value is -1.36. The summed E-state index contributed by atoms with van der Waals surface area (Å²) >= 11 is 0. The van der Waals surface area contributed by atoms with Crippen LogP contribution in [0.25, 0.3) is 0 Å². The van der Waals surface area contributed by atoms with Crippen molar-refractivity contribution in [1.29, 1.82) is 0 Å². The molecule has 0 spiro atoms. The first-order valence-electron chi connectivity index (χ1n) is 7.62. The monoisotopic (exact) mass is 279 g/mol. The normalized spacial score (nSPS) is 17.4. The van der Waals surface area contributed by atoms with Crippen LogP contribution in [0.4, 0.5) is 0 Å². The minimum Gasteiger partial charge on any atom is -0.481 e. The van der Waals surface area contributed by atoms with Gasteiger partial charge in [-0.2, -0.15) is 0 Å². The van der Waals surface area contributed by atoms with Gasteiger partial charge < -0.3 is 9.67 Å². The van der Waals surface area contributed by atoms with Crippen LogP contribution in [-0.2, 0) is 17.9 Å². The van der Waals surface area contributed by atoms with E-state index in [9.17, 15) is 4.79 Å². The van der Waals surface area contributed by atoms with Crippen LogP contribution < -0.4 is 0 Å². The molecule has 1 fully saturated rings. The maximum Gasteiger partial charge on any atom is 0.303 e. The molecule has 0 saturated carbocycles. The van der Waals surface area contributed by atoms with Crippen LogP contribution in [-0.4, -0.2) is 38.6 Å². The number of aromatic nitrogens is 2. The molecule has 1 aromatic rings. The van der Waals surface area contributed by atoms with Crippen molar-refractivity contribution in [2.24, 2.45) is 5.92 Å². The maximum absolute atomic E-state index is 10.6. The molecule has 0 bridgehead atoms. The highest BCUT2D eigenvalue weighted by molar-refractivity contribution is 5.66. The number of carbonyl (C=O) groups is 1. The Morgan fingerprint density at radius 2 is 2.20 bits per heavy atom. The molecule has 2 rings (SSSR count). The van der Waals surface area contributed by atoms with Gasteiger partial charge in [0.15, 0.2) is 0 Å². The number of carboxylic acid groups (broad SMARTS) is 1. The topological polar surface area (TPSA) is 58.4 Å². The van der Waals surface area contributed by atoms with Gasteiger partial charge in [0.1, 0.15) is 0 Å². The highest BCUT2D eigenvalue weighted by Crippen LogP contribution is 2.23. The zero-order valence-electron chi connectivity index (χ0n) is 12.3. The molecule has 0 amide bonds. The fourth-order valence-corrected chi connectivity index (χ4v) is 2.91. The van der Waals surface area contributed by atoms with Gasteiger partial charge in [0, 0.05) is 25.7 Å². The second-order valence-electron chi connectivity index (χ2n) is 5.73. The third-order valence-corrected chi connectivity index (χ3v) is 4.12. The van der Waals surface area contributed by atoms with Crippen LogP contribution in [0.15, 0.2) is 12.5 Å². The van der Waals surface area contributed by atoms with Gasteiger partial charge in [-0.05, 0) is 44.7 Å². The summed E-state index contributed by atoms with van der Waals surface area (Å²) in [5.74, 6) is -0.0844. The summed E-state index contributed by atoms with van der Waals surface area (Å²) in [7, 11) is 0. The van der Waals surface area contributed by atoms with Gasteiger partial charge in [-0.15, -0.1) is 0 Å². The Bertz CT molecular complexity index is 423. The third kappa shape index (κ3) is 4.34. The molecular formula is C15H25N3O2. The number of hydrogen-bond acceptors (Lipinski definition) is 3. The maximum atomic E-state index is 10.6. The fourth-order valence-electron chi connectivity index (χ4n) is 2.91. The Kier molecular flexibility index (Phi) is 5.59. The average Bonchev–Trinajstić information content (AvgIpc) is 2.86. The minimum atomic E-state index is -0.670. The fraction of sp³-hybridized carbons (Fsp3) is 0.733. The van der Waals surface area contributed by atoms with Crippen molar-refractivity contribution in [3.63, 3.8) is 0 Å². The van der Waals surface area contributed by atoms with E-state index in [0.717, 1.165) is 51.9 Å². The van der Waals surface area contributed by atoms with Crippen molar-refractivity contribution in [2.75, 3.05) is 13.1 Å². The first-order valence-corrected chi connectivity index (χ1v) is 7.62. The second kappa shape index (κ2) is 7.43. The van der Waals surface area contributed by atoms with Gasteiger partial charge >= 0.3 is 5.97 Å². The lowest BCUT2D eigenvalue weighted by molar-refractivity contribution is -0.137. The average molecular weight is 279 g/mol. The van der Waals surface area contributed by atoms with Gasteiger partial charge in [0.05, 0.1) is 12.0 Å². The number of carboxylic acids is 1. The van der Waals surface area contributed by atoms with E-state index in [1.54, 1.807) is 0 Å². The van der Waals surface area contributed by atoms with Crippen molar-refractivity contribution < 1.29 is 9.90 Å². The third-order valence-electron chi connectivity index (χ3n) is 4.12. The molecule has 1 aliphatic heterocycles. The smallest absolute Gasteiger partial charge is 0.303 e. The summed E-state index contributed by atoms with van der Waals surface area (Å²) in [6, 6.07) is 0. The van der Waals surface area contributed by atoms with Crippen LogP contribution in [0, 0.1) is 5.92 Å². The Balaban J connectivity index is 1.76. The molecular weight excluding hydrogens is 254 g/mol. The number of aryl methyl sites for hydroxylation is 1. The number of likely N-dealkylation sites (tertiary alicyclic amines) is 1. The van der Waals surface area contributed by atoms with Crippen LogP contribution in [0.5, 0.6) is 0 Å². The molecule has 20 heavy (non-hydrogen) atoms. The van der Waals surface area contributed by atoms with Crippen molar-refractivity contribution in [3.8, 4) is 0 Å². The molecule has 0 aliphatic carbocycles. The number of nitrogens with zero attached hydrogens (tertiary/aromatic N) is 3. The largest absolute Gasteiger partial charge is 0.481 e. The minimum absolute atomic E-state index is 0.313. The lowest BCUT2D eigenvalue weighted by atomic mass is 9.92. The molecule has 5 nitrogen and oxygen atoms in total. The molecule has 112 valence electrons. The van der Waals surface area contributed by atoms with Crippen LogP contribution in [0.3, 0.4) is 0 Å². The van der Waals surface area contributed by atoms with Gasteiger partial charge in [-0.25, -0.2) is 4.98 Å². The van der Waals surface area contributed by atoms with E-state index in [0.29, 0.717) is 12.3 Å². The first kappa shape index (κ1) is 15.0. The lowest BCUT2D eigenvalue weighted by Crippen LogP contribution is -2.34. The summed E-state index contributed by atoms with van der Waals surface area (Å²) < 4.78 is 2.23. The second-order valence-corrected chi connectivity index (χ2v) is 5.73. The number of aliphatic carboxylic acids is 1. The lowest BCUT2D eigenvalue weighted by Gasteiger charge is -2.31. The molecule has 0 unspecified atom stereocenters. The zero-order valence-corrected chi connectivity index (χ0v) is 12.3. The van der Waals surface area contributed by atoms with Crippen molar-refractivity contribution in [3.05, 3.63) is 18.2 Å². The predicted octanol–water partition coefficient (Wildman–Crippen LogP) is 2.37. The highest BCUT2D eigenvalue weighted by atomic mass is 16.4. The highest BCUT2D eigenvalue weighted by Gasteiger charge is 2.20. The number of hydrogen-bond donors (Lipinski definition) is 1. The molecule has 0 radical (unpaired) electrons. The molecule has 0 aromatic carbocycles. The summed E-state index contributed by atoms with van der Waals surface area (Å²) in [6.45, 7) is 6.32. The number of rotatable bonds is 7.